The Labute approximate surface area is 212 Å². The number of hydrogen-bond donors (Lipinski definition) is 0. The molecule has 184 valence electrons. The highest BCUT2D eigenvalue weighted by atomic mass is 35.5. The second kappa shape index (κ2) is 10.6. The first-order valence-electron chi connectivity index (χ1n) is 11.1. The average Bonchev–Trinajstić information content (AvgIpc) is 3.23. The fourth-order valence-electron chi connectivity index (χ4n) is 3.58. The molecule has 0 bridgehead atoms. The van der Waals surface area contributed by atoms with E-state index in [1.165, 1.54) is 24.8 Å². The number of benzene rings is 3. The topological polar surface area (TPSA) is 100 Å². The minimum absolute atomic E-state index is 0.0321. The number of nitrogens with zero attached hydrogens (tertiary/aromatic N) is 2. The summed E-state index contributed by atoms with van der Waals surface area (Å²) in [5.74, 6) is 0.659. The number of nitro groups is 1. The number of non-ortho nitro benzene ring substituents is 1. The lowest BCUT2D eigenvalue weighted by Gasteiger charge is -2.13. The summed E-state index contributed by atoms with van der Waals surface area (Å²) in [5.41, 5.74) is 3.14. The van der Waals surface area contributed by atoms with Crippen LogP contribution < -0.4 is 9.47 Å². The van der Waals surface area contributed by atoms with Crippen LogP contribution in [0.4, 0.5) is 5.69 Å². The van der Waals surface area contributed by atoms with Crippen molar-refractivity contribution in [2.45, 2.75) is 26.4 Å². The smallest absolute Gasteiger partial charge is 0.363 e. The standard InChI is InChI=1S/C27H23ClN2O6/c1-16(2)19-7-9-20(10-8-19)26-29-23(27(31)36-26)13-18-12-22(28)25(24(14-18)34-3)35-15-17-5-4-6-21(11-17)30(32)33/h4-14,16H,15H2,1-3H3/b23-13-. The van der Waals surface area contributed by atoms with E-state index in [1.807, 2.05) is 24.3 Å². The number of cyclic esters (lactones) is 1. The number of halogens is 1. The number of aliphatic imine (C=N–C) groups is 1. The molecule has 8 nitrogen and oxygen atoms in total. The van der Waals surface area contributed by atoms with Crippen LogP contribution in [-0.4, -0.2) is 23.9 Å². The van der Waals surface area contributed by atoms with Crippen LogP contribution in [0.25, 0.3) is 6.08 Å². The van der Waals surface area contributed by atoms with Crippen molar-refractivity contribution in [3.63, 3.8) is 0 Å². The Morgan fingerprint density at radius 2 is 1.89 bits per heavy atom. The van der Waals surface area contributed by atoms with E-state index in [2.05, 4.69) is 18.8 Å². The Morgan fingerprint density at radius 3 is 2.56 bits per heavy atom. The molecule has 0 atom stereocenters. The number of rotatable bonds is 8. The molecule has 1 aliphatic rings. The van der Waals surface area contributed by atoms with E-state index in [-0.39, 0.29) is 34.7 Å². The van der Waals surface area contributed by atoms with Crippen molar-refractivity contribution >= 4 is 35.2 Å². The number of hydrogen-bond acceptors (Lipinski definition) is 7. The quantitative estimate of drug-likeness (QED) is 0.154. The molecule has 3 aromatic rings. The second-order valence-electron chi connectivity index (χ2n) is 8.36. The molecule has 0 spiro atoms. The van der Waals surface area contributed by atoms with Gasteiger partial charge in [0.05, 0.1) is 17.1 Å². The molecule has 0 saturated heterocycles. The van der Waals surface area contributed by atoms with E-state index in [9.17, 15) is 14.9 Å². The van der Waals surface area contributed by atoms with Crippen LogP contribution in [0.3, 0.4) is 0 Å². The van der Waals surface area contributed by atoms with Gasteiger partial charge in [0.1, 0.15) is 6.61 Å². The van der Waals surface area contributed by atoms with E-state index >= 15 is 0 Å². The molecular formula is C27H23ClN2O6. The zero-order valence-corrected chi connectivity index (χ0v) is 20.6. The highest BCUT2D eigenvalue weighted by Crippen LogP contribution is 2.38. The summed E-state index contributed by atoms with van der Waals surface area (Å²) in [6.07, 6.45) is 1.55. The summed E-state index contributed by atoms with van der Waals surface area (Å²) in [6.45, 7) is 4.26. The second-order valence-corrected chi connectivity index (χ2v) is 8.77. The summed E-state index contributed by atoms with van der Waals surface area (Å²) in [4.78, 5) is 27.3. The normalized spacial score (nSPS) is 14.1. The maximum absolute atomic E-state index is 12.4. The molecule has 0 fully saturated rings. The fourth-order valence-corrected chi connectivity index (χ4v) is 3.85. The van der Waals surface area contributed by atoms with Gasteiger partial charge in [-0.3, -0.25) is 10.1 Å². The third kappa shape index (κ3) is 5.55. The van der Waals surface area contributed by atoms with Gasteiger partial charge in [-0.25, -0.2) is 9.79 Å². The van der Waals surface area contributed by atoms with Crippen molar-refractivity contribution in [3.8, 4) is 11.5 Å². The Balaban J connectivity index is 1.56. The van der Waals surface area contributed by atoms with E-state index in [0.717, 1.165) is 0 Å². The third-order valence-electron chi connectivity index (χ3n) is 5.50. The average molecular weight is 507 g/mol. The Bertz CT molecular complexity index is 1380. The minimum Gasteiger partial charge on any atom is -0.493 e. The molecule has 0 aromatic heterocycles. The zero-order chi connectivity index (χ0) is 25.8. The predicted molar refractivity (Wildman–Crippen MR) is 137 cm³/mol. The first-order chi connectivity index (χ1) is 17.2. The number of nitro benzene ring substituents is 1. The lowest BCUT2D eigenvalue weighted by atomic mass is 10.0. The minimum atomic E-state index is -0.570. The van der Waals surface area contributed by atoms with Crippen molar-refractivity contribution in [2.24, 2.45) is 4.99 Å². The van der Waals surface area contributed by atoms with Crippen molar-refractivity contribution in [2.75, 3.05) is 7.11 Å². The molecule has 4 rings (SSSR count). The monoisotopic (exact) mass is 506 g/mol. The van der Waals surface area contributed by atoms with Gasteiger partial charge >= 0.3 is 5.97 Å². The van der Waals surface area contributed by atoms with Gasteiger partial charge < -0.3 is 14.2 Å². The molecule has 0 radical (unpaired) electrons. The Kier molecular flexibility index (Phi) is 7.36. The highest BCUT2D eigenvalue weighted by molar-refractivity contribution is 6.32. The van der Waals surface area contributed by atoms with Crippen molar-refractivity contribution in [1.82, 2.24) is 0 Å². The van der Waals surface area contributed by atoms with E-state index in [4.69, 9.17) is 25.8 Å². The maximum atomic E-state index is 12.4. The van der Waals surface area contributed by atoms with Crippen LogP contribution in [0, 0.1) is 10.1 Å². The molecule has 1 aliphatic heterocycles. The molecular weight excluding hydrogens is 484 g/mol. The summed E-state index contributed by atoms with van der Waals surface area (Å²) in [5, 5.41) is 11.2. The van der Waals surface area contributed by atoms with E-state index in [0.29, 0.717) is 28.4 Å². The van der Waals surface area contributed by atoms with Crippen molar-refractivity contribution in [3.05, 3.63) is 104 Å². The van der Waals surface area contributed by atoms with Gasteiger partial charge in [-0.1, -0.05) is 49.7 Å². The number of carbonyl (C=O) groups excluding carboxylic acids is 1. The first-order valence-corrected chi connectivity index (χ1v) is 11.5. The molecule has 1 heterocycles. The summed E-state index contributed by atoms with van der Waals surface area (Å²) >= 11 is 6.45. The van der Waals surface area contributed by atoms with Crippen molar-refractivity contribution < 1.29 is 23.9 Å². The van der Waals surface area contributed by atoms with Gasteiger partial charge in [0.2, 0.25) is 5.90 Å². The van der Waals surface area contributed by atoms with Gasteiger partial charge in [-0.2, -0.15) is 0 Å². The van der Waals surface area contributed by atoms with Gasteiger partial charge in [0, 0.05) is 17.7 Å². The molecule has 9 heteroatoms. The summed E-state index contributed by atoms with van der Waals surface area (Å²) < 4.78 is 16.6. The van der Waals surface area contributed by atoms with Crippen LogP contribution in [0.15, 0.2) is 71.4 Å². The van der Waals surface area contributed by atoms with Gasteiger partial charge in [-0.05, 0) is 52.9 Å². The lowest BCUT2D eigenvalue weighted by molar-refractivity contribution is -0.384. The van der Waals surface area contributed by atoms with E-state index in [1.54, 1.807) is 30.3 Å². The van der Waals surface area contributed by atoms with Crippen LogP contribution >= 0.6 is 11.6 Å². The highest BCUT2D eigenvalue weighted by Gasteiger charge is 2.24. The number of carbonyl (C=O) groups is 1. The third-order valence-corrected chi connectivity index (χ3v) is 5.79. The summed E-state index contributed by atoms with van der Waals surface area (Å²) in [7, 11) is 1.46. The molecule has 0 N–H and O–H groups in total. The van der Waals surface area contributed by atoms with Crippen LogP contribution in [0.2, 0.25) is 5.02 Å². The van der Waals surface area contributed by atoms with Crippen LogP contribution in [-0.2, 0) is 16.1 Å². The van der Waals surface area contributed by atoms with Crippen LogP contribution in [0.5, 0.6) is 11.5 Å². The first kappa shape index (κ1) is 24.9. The number of methoxy groups -OCH3 is 1. The molecule has 0 amide bonds. The van der Waals surface area contributed by atoms with Gasteiger partial charge in [-0.15, -0.1) is 0 Å². The molecule has 0 aliphatic carbocycles. The van der Waals surface area contributed by atoms with Gasteiger partial charge in [0.25, 0.3) is 5.69 Å². The Morgan fingerprint density at radius 1 is 1.14 bits per heavy atom. The number of ether oxygens (including phenoxy) is 3. The Hall–Kier alpha value is -4.17. The predicted octanol–water partition coefficient (Wildman–Crippen LogP) is 6.30. The number of esters is 1. The lowest BCUT2D eigenvalue weighted by Crippen LogP contribution is -2.05. The molecule has 0 saturated carbocycles. The zero-order valence-electron chi connectivity index (χ0n) is 19.9. The molecule has 0 unspecified atom stereocenters. The SMILES string of the molecule is COc1cc(/C=C2\N=C(c3ccc(C(C)C)cc3)OC2=O)cc(Cl)c1OCc1cccc([N+](=O)[O-])c1. The van der Waals surface area contributed by atoms with Gasteiger partial charge in [0.15, 0.2) is 17.2 Å². The van der Waals surface area contributed by atoms with E-state index < -0.39 is 10.9 Å². The maximum Gasteiger partial charge on any atom is 0.363 e. The fraction of sp³-hybridized carbons (Fsp3) is 0.185. The van der Waals surface area contributed by atoms with Crippen molar-refractivity contribution in [1.29, 1.82) is 0 Å². The largest absolute Gasteiger partial charge is 0.493 e. The van der Waals surface area contributed by atoms with Crippen LogP contribution in [0.1, 0.15) is 42.0 Å². The molecule has 36 heavy (non-hydrogen) atoms. The summed E-state index contributed by atoms with van der Waals surface area (Å²) in [6, 6.07) is 17.1. The molecule has 3 aromatic carbocycles.